The van der Waals surface area contributed by atoms with E-state index in [9.17, 15) is 14.4 Å². The molecule has 4 amide bonds. The van der Waals surface area contributed by atoms with E-state index in [1.54, 1.807) is 18.7 Å². The number of para-hydroxylation sites is 1. The van der Waals surface area contributed by atoms with Crippen molar-refractivity contribution in [2.24, 2.45) is 5.73 Å². The van der Waals surface area contributed by atoms with E-state index >= 15 is 0 Å². The SMILES string of the molecule is CCCNC(=O)NCc1ccccc1-c1ccc(CN2C(=O)[C@H](NC(=O)C(C)(C)N)CCc3ccccc32)cc1. The molecule has 0 fully saturated rings. The van der Waals surface area contributed by atoms with Crippen LogP contribution in [-0.4, -0.2) is 36.0 Å². The monoisotopic (exact) mass is 541 g/mol. The molecule has 1 atom stereocenters. The van der Waals surface area contributed by atoms with Gasteiger partial charge in [-0.15, -0.1) is 0 Å². The van der Waals surface area contributed by atoms with Gasteiger partial charge in [0, 0.05) is 18.8 Å². The van der Waals surface area contributed by atoms with Crippen molar-refractivity contribution >= 4 is 23.5 Å². The summed E-state index contributed by atoms with van der Waals surface area (Å²) in [4.78, 5) is 40.2. The van der Waals surface area contributed by atoms with Crippen molar-refractivity contribution in [3.8, 4) is 11.1 Å². The number of carbonyl (C=O) groups excluding carboxylic acids is 3. The van der Waals surface area contributed by atoms with Crippen LogP contribution in [0.25, 0.3) is 11.1 Å². The Hall–Kier alpha value is -4.17. The molecule has 0 saturated carbocycles. The molecule has 1 heterocycles. The second kappa shape index (κ2) is 12.8. The topological polar surface area (TPSA) is 117 Å². The summed E-state index contributed by atoms with van der Waals surface area (Å²) >= 11 is 0. The van der Waals surface area contributed by atoms with Gasteiger partial charge in [0.15, 0.2) is 0 Å². The average molecular weight is 542 g/mol. The summed E-state index contributed by atoms with van der Waals surface area (Å²) in [5.74, 6) is -0.499. The predicted octanol–water partition coefficient (Wildman–Crippen LogP) is 4.26. The Kier molecular flexibility index (Phi) is 9.22. The van der Waals surface area contributed by atoms with Crippen LogP contribution in [0, 0.1) is 0 Å². The van der Waals surface area contributed by atoms with Crippen molar-refractivity contribution in [2.75, 3.05) is 11.4 Å². The maximum absolute atomic E-state index is 13.7. The molecule has 3 aromatic carbocycles. The second-order valence-corrected chi connectivity index (χ2v) is 10.8. The van der Waals surface area contributed by atoms with Crippen LogP contribution in [0.2, 0.25) is 0 Å². The van der Waals surface area contributed by atoms with E-state index in [0.717, 1.165) is 39.9 Å². The molecule has 0 aromatic heterocycles. The lowest BCUT2D eigenvalue weighted by Gasteiger charge is -2.28. The largest absolute Gasteiger partial charge is 0.343 e. The molecule has 40 heavy (non-hydrogen) atoms. The molecule has 0 saturated heterocycles. The highest BCUT2D eigenvalue weighted by Gasteiger charge is 2.34. The number of nitrogens with two attached hydrogens (primary N) is 1. The summed E-state index contributed by atoms with van der Waals surface area (Å²) in [6.45, 7) is 6.70. The molecule has 5 N–H and O–H groups in total. The quantitative estimate of drug-likeness (QED) is 0.324. The molecule has 4 rings (SSSR count). The van der Waals surface area contributed by atoms with E-state index in [-0.39, 0.29) is 17.8 Å². The molecular weight excluding hydrogens is 502 g/mol. The highest BCUT2D eigenvalue weighted by molar-refractivity contribution is 6.01. The van der Waals surface area contributed by atoms with E-state index in [4.69, 9.17) is 5.73 Å². The minimum Gasteiger partial charge on any atom is -0.343 e. The first-order chi connectivity index (χ1) is 19.2. The van der Waals surface area contributed by atoms with Gasteiger partial charge < -0.3 is 26.6 Å². The Morgan fingerprint density at radius 2 is 1.68 bits per heavy atom. The highest BCUT2D eigenvalue weighted by atomic mass is 16.2. The summed E-state index contributed by atoms with van der Waals surface area (Å²) < 4.78 is 0. The Morgan fingerprint density at radius 3 is 2.40 bits per heavy atom. The first-order valence-electron chi connectivity index (χ1n) is 13.9. The Bertz CT molecular complexity index is 1350. The van der Waals surface area contributed by atoms with Crippen LogP contribution < -0.4 is 26.6 Å². The summed E-state index contributed by atoms with van der Waals surface area (Å²) in [6.07, 6.45) is 2.06. The number of hydrogen-bond acceptors (Lipinski definition) is 4. The smallest absolute Gasteiger partial charge is 0.315 e. The van der Waals surface area contributed by atoms with Crippen molar-refractivity contribution in [3.63, 3.8) is 0 Å². The molecule has 0 radical (unpaired) electrons. The third-order valence-electron chi connectivity index (χ3n) is 7.04. The van der Waals surface area contributed by atoms with Crippen molar-refractivity contribution in [3.05, 3.63) is 89.5 Å². The minimum absolute atomic E-state index is 0.149. The minimum atomic E-state index is -1.08. The number of benzene rings is 3. The van der Waals surface area contributed by atoms with Crippen LogP contribution in [0.3, 0.4) is 0 Å². The van der Waals surface area contributed by atoms with Gasteiger partial charge in [0.1, 0.15) is 6.04 Å². The van der Waals surface area contributed by atoms with E-state index in [0.29, 0.717) is 32.5 Å². The van der Waals surface area contributed by atoms with Gasteiger partial charge in [0.05, 0.1) is 12.1 Å². The van der Waals surface area contributed by atoms with Crippen molar-refractivity contribution in [1.82, 2.24) is 16.0 Å². The molecule has 0 aliphatic carbocycles. The fourth-order valence-electron chi connectivity index (χ4n) is 4.76. The number of nitrogens with one attached hydrogen (secondary N) is 3. The highest BCUT2D eigenvalue weighted by Crippen LogP contribution is 2.30. The summed E-state index contributed by atoms with van der Waals surface area (Å²) in [5, 5.41) is 8.63. The van der Waals surface area contributed by atoms with Gasteiger partial charge in [-0.25, -0.2) is 4.79 Å². The molecule has 0 bridgehead atoms. The van der Waals surface area contributed by atoms with Gasteiger partial charge in [0.2, 0.25) is 11.8 Å². The van der Waals surface area contributed by atoms with Crippen LogP contribution in [0.1, 0.15) is 50.3 Å². The number of urea groups is 1. The van der Waals surface area contributed by atoms with E-state index in [1.165, 1.54) is 0 Å². The molecule has 1 aliphatic rings. The number of anilines is 1. The summed E-state index contributed by atoms with van der Waals surface area (Å²) in [5.41, 5.74) is 10.9. The lowest BCUT2D eigenvalue weighted by molar-refractivity contribution is -0.130. The fraction of sp³-hybridized carbons (Fsp3) is 0.344. The fourth-order valence-corrected chi connectivity index (χ4v) is 4.76. The number of amides is 4. The summed E-state index contributed by atoms with van der Waals surface area (Å²) in [6, 6.07) is 23.1. The molecule has 210 valence electrons. The third kappa shape index (κ3) is 7.07. The molecular formula is C32H39N5O3. The first-order valence-corrected chi connectivity index (χ1v) is 13.9. The average Bonchev–Trinajstić information content (AvgIpc) is 3.07. The maximum Gasteiger partial charge on any atom is 0.315 e. The van der Waals surface area contributed by atoms with Crippen LogP contribution in [-0.2, 0) is 29.1 Å². The molecule has 8 nitrogen and oxygen atoms in total. The maximum atomic E-state index is 13.7. The number of fused-ring (bicyclic) bond motifs is 1. The van der Waals surface area contributed by atoms with Gasteiger partial charge in [-0.3, -0.25) is 9.59 Å². The number of nitrogens with zero attached hydrogens (tertiary/aromatic N) is 1. The Balaban J connectivity index is 1.54. The van der Waals surface area contributed by atoms with Crippen molar-refractivity contribution in [2.45, 2.75) is 64.7 Å². The molecule has 8 heteroatoms. The Labute approximate surface area is 236 Å². The standard InChI is InChI=1S/C32H39N5O3/c1-4-19-34-31(40)35-20-25-10-5-7-11-26(25)23-15-13-22(14-16-23)21-37-28-12-8-6-9-24(28)17-18-27(29(37)38)36-30(39)32(2,3)33/h5-16,27H,4,17-21,33H2,1-3H3,(H,36,39)(H2,34,35,40)/t27-/m1/s1. The van der Waals surface area contributed by atoms with E-state index in [1.807, 2.05) is 79.7 Å². The van der Waals surface area contributed by atoms with Crippen LogP contribution in [0.4, 0.5) is 10.5 Å². The van der Waals surface area contributed by atoms with Gasteiger partial charge >= 0.3 is 6.03 Å². The molecule has 1 aliphatic heterocycles. The van der Waals surface area contributed by atoms with E-state index < -0.39 is 11.6 Å². The summed E-state index contributed by atoms with van der Waals surface area (Å²) in [7, 11) is 0. The van der Waals surface area contributed by atoms with Gasteiger partial charge in [-0.1, -0.05) is 73.7 Å². The van der Waals surface area contributed by atoms with E-state index in [2.05, 4.69) is 16.0 Å². The second-order valence-electron chi connectivity index (χ2n) is 10.8. The van der Waals surface area contributed by atoms with Gasteiger partial charge in [-0.05, 0) is 67.0 Å². The van der Waals surface area contributed by atoms with Crippen LogP contribution in [0.5, 0.6) is 0 Å². The first kappa shape index (κ1) is 28.8. The lowest BCUT2D eigenvalue weighted by Crippen LogP contribution is -2.56. The number of carbonyl (C=O) groups is 3. The normalized spacial score (nSPS) is 15.2. The van der Waals surface area contributed by atoms with Crippen LogP contribution in [0.15, 0.2) is 72.8 Å². The predicted molar refractivity (Wildman–Crippen MR) is 159 cm³/mol. The molecule has 0 unspecified atom stereocenters. The van der Waals surface area contributed by atoms with Gasteiger partial charge in [0.25, 0.3) is 0 Å². The number of rotatable bonds is 9. The Morgan fingerprint density at radius 1 is 0.975 bits per heavy atom. The zero-order valence-electron chi connectivity index (χ0n) is 23.5. The molecule has 0 spiro atoms. The number of hydrogen-bond donors (Lipinski definition) is 4. The third-order valence-corrected chi connectivity index (χ3v) is 7.04. The van der Waals surface area contributed by atoms with Gasteiger partial charge in [-0.2, -0.15) is 0 Å². The lowest BCUT2D eigenvalue weighted by atomic mass is 9.98. The zero-order chi connectivity index (χ0) is 28.7. The van der Waals surface area contributed by atoms with Crippen molar-refractivity contribution < 1.29 is 14.4 Å². The molecule has 3 aromatic rings. The zero-order valence-corrected chi connectivity index (χ0v) is 23.5. The number of aryl methyl sites for hydroxylation is 1. The van der Waals surface area contributed by atoms with Crippen LogP contribution >= 0.6 is 0 Å². The van der Waals surface area contributed by atoms with Crippen molar-refractivity contribution in [1.29, 1.82) is 0 Å².